The lowest BCUT2D eigenvalue weighted by molar-refractivity contribution is 0.264. The molecule has 0 N–H and O–H groups in total. The molecule has 1 aliphatic carbocycles. The van der Waals surface area contributed by atoms with Crippen molar-refractivity contribution >= 4 is 17.4 Å². The van der Waals surface area contributed by atoms with Crippen LogP contribution < -0.4 is 4.90 Å². The van der Waals surface area contributed by atoms with E-state index in [1.807, 2.05) is 13.0 Å². The van der Waals surface area contributed by atoms with E-state index in [0.717, 1.165) is 74.0 Å². The van der Waals surface area contributed by atoms with Crippen LogP contribution in [0, 0.1) is 30.5 Å². The van der Waals surface area contributed by atoms with Gasteiger partial charge < -0.3 is 4.90 Å². The second-order valence-corrected chi connectivity index (χ2v) is 10.7. The zero-order chi connectivity index (χ0) is 23.2. The van der Waals surface area contributed by atoms with Crippen molar-refractivity contribution in [3.63, 3.8) is 0 Å². The van der Waals surface area contributed by atoms with E-state index in [1.165, 1.54) is 18.9 Å². The highest BCUT2D eigenvalue weighted by Gasteiger charge is 2.43. The number of nitrogens with zero attached hydrogens (tertiary/aromatic N) is 6. The van der Waals surface area contributed by atoms with Crippen LogP contribution >= 0.6 is 11.6 Å². The van der Waals surface area contributed by atoms with Crippen LogP contribution in [0.4, 0.5) is 10.2 Å². The Hall–Kier alpha value is -2.54. The number of fused-ring (bicyclic) bond motifs is 3. The summed E-state index contributed by atoms with van der Waals surface area (Å²) in [5.74, 6) is 4.58. The number of piperidine rings is 1. The van der Waals surface area contributed by atoms with Crippen LogP contribution in [0.15, 0.2) is 30.6 Å². The standard InChI is InChI=1S/C26H30ClFN6/c1-16-8-25(30-15-29-16)33-13-17-5-6-18(14-33)23(17)12-24-31-26-22(4-2-3-7-34(26)32-24)19-9-20(27)11-21(28)10-19/h8-11,15,17-18,22-23H,2-7,12-14H2,1H3/t17-,18+,22-,23?/m0/s1. The molecule has 6 rings (SSSR count). The predicted octanol–water partition coefficient (Wildman–Crippen LogP) is 5.19. The zero-order valence-electron chi connectivity index (χ0n) is 19.5. The fraction of sp³-hybridized carbons (Fsp3) is 0.538. The van der Waals surface area contributed by atoms with Crippen molar-refractivity contribution < 1.29 is 4.39 Å². The van der Waals surface area contributed by atoms with Crippen LogP contribution in [-0.2, 0) is 13.0 Å². The van der Waals surface area contributed by atoms with E-state index in [1.54, 1.807) is 12.4 Å². The molecule has 0 spiro atoms. The molecule has 178 valence electrons. The van der Waals surface area contributed by atoms with Gasteiger partial charge in [0.1, 0.15) is 23.8 Å². The zero-order valence-corrected chi connectivity index (χ0v) is 20.3. The van der Waals surface area contributed by atoms with Gasteiger partial charge in [0.25, 0.3) is 0 Å². The maximum Gasteiger partial charge on any atom is 0.151 e. The second kappa shape index (κ2) is 8.91. The SMILES string of the molecule is Cc1cc(N2C[C@H]3CC[C@@H](C2)C3Cc2nc3n(n2)CCCC[C@H]3c2cc(F)cc(Cl)c2)ncn1. The molecule has 0 amide bonds. The third-order valence-electron chi connectivity index (χ3n) is 8.02. The molecule has 8 heteroatoms. The number of hydrogen-bond acceptors (Lipinski definition) is 5. The highest BCUT2D eigenvalue weighted by atomic mass is 35.5. The Balaban J connectivity index is 1.22. The summed E-state index contributed by atoms with van der Waals surface area (Å²) in [4.78, 5) is 16.3. The monoisotopic (exact) mass is 480 g/mol. The van der Waals surface area contributed by atoms with E-state index in [2.05, 4.69) is 25.6 Å². The van der Waals surface area contributed by atoms with Gasteiger partial charge in [-0.1, -0.05) is 18.0 Å². The van der Waals surface area contributed by atoms with E-state index >= 15 is 0 Å². The predicted molar refractivity (Wildman–Crippen MR) is 130 cm³/mol. The van der Waals surface area contributed by atoms with E-state index in [4.69, 9.17) is 21.7 Å². The third-order valence-corrected chi connectivity index (χ3v) is 8.23. The van der Waals surface area contributed by atoms with Crippen molar-refractivity contribution in [2.24, 2.45) is 17.8 Å². The van der Waals surface area contributed by atoms with Crippen molar-refractivity contribution in [2.75, 3.05) is 18.0 Å². The first-order chi connectivity index (χ1) is 16.5. The van der Waals surface area contributed by atoms with Gasteiger partial charge >= 0.3 is 0 Å². The second-order valence-electron chi connectivity index (χ2n) is 10.2. The van der Waals surface area contributed by atoms with E-state index < -0.39 is 0 Å². The van der Waals surface area contributed by atoms with Gasteiger partial charge in [0.15, 0.2) is 5.82 Å². The Morgan fingerprint density at radius 3 is 2.62 bits per heavy atom. The molecule has 2 aliphatic heterocycles. The molecule has 1 saturated heterocycles. The Morgan fingerprint density at radius 1 is 1.03 bits per heavy atom. The molecule has 6 nitrogen and oxygen atoms in total. The number of benzene rings is 1. The number of halogens is 2. The molecule has 4 atom stereocenters. The van der Waals surface area contributed by atoms with Crippen molar-refractivity contribution in [2.45, 2.75) is 57.9 Å². The minimum Gasteiger partial charge on any atom is -0.356 e. The van der Waals surface area contributed by atoms with Gasteiger partial charge in [-0.2, -0.15) is 5.10 Å². The van der Waals surface area contributed by atoms with E-state index in [0.29, 0.717) is 22.8 Å². The van der Waals surface area contributed by atoms with Crippen molar-refractivity contribution in [3.8, 4) is 0 Å². The average molecular weight is 481 g/mol. The first-order valence-electron chi connectivity index (χ1n) is 12.5. The summed E-state index contributed by atoms with van der Waals surface area (Å²) in [6.07, 6.45) is 8.19. The summed E-state index contributed by atoms with van der Waals surface area (Å²) in [5, 5.41) is 5.39. The van der Waals surface area contributed by atoms with Gasteiger partial charge in [0.05, 0.1) is 0 Å². The van der Waals surface area contributed by atoms with Gasteiger partial charge in [-0.05, 0) is 74.1 Å². The topological polar surface area (TPSA) is 59.7 Å². The van der Waals surface area contributed by atoms with Crippen LogP contribution in [0.2, 0.25) is 5.02 Å². The summed E-state index contributed by atoms with van der Waals surface area (Å²) >= 11 is 6.18. The maximum absolute atomic E-state index is 14.1. The van der Waals surface area contributed by atoms with Gasteiger partial charge in [0, 0.05) is 48.8 Å². The molecule has 2 fully saturated rings. The van der Waals surface area contributed by atoms with E-state index in [-0.39, 0.29) is 11.7 Å². The number of aryl methyl sites for hydroxylation is 2. The number of rotatable bonds is 4. The van der Waals surface area contributed by atoms with Crippen LogP contribution in [0.3, 0.4) is 0 Å². The lowest BCUT2D eigenvalue weighted by atomic mass is 9.82. The van der Waals surface area contributed by atoms with Crippen molar-refractivity contribution in [1.29, 1.82) is 0 Å². The Labute approximate surface area is 204 Å². The van der Waals surface area contributed by atoms with Gasteiger partial charge in [-0.25, -0.2) is 24.0 Å². The quantitative estimate of drug-likeness (QED) is 0.514. The largest absolute Gasteiger partial charge is 0.356 e. The maximum atomic E-state index is 14.1. The molecular formula is C26H30ClFN6. The van der Waals surface area contributed by atoms with Crippen LogP contribution in [0.25, 0.3) is 0 Å². The normalized spacial score (nSPS) is 26.4. The highest BCUT2D eigenvalue weighted by Crippen LogP contribution is 2.44. The number of hydrogen-bond donors (Lipinski definition) is 0. The van der Waals surface area contributed by atoms with Crippen LogP contribution in [0.5, 0.6) is 0 Å². The molecule has 0 radical (unpaired) electrons. The first-order valence-corrected chi connectivity index (χ1v) is 12.8. The Morgan fingerprint density at radius 2 is 1.85 bits per heavy atom. The minimum absolute atomic E-state index is 0.0384. The van der Waals surface area contributed by atoms with Crippen LogP contribution in [0.1, 0.15) is 60.9 Å². The van der Waals surface area contributed by atoms with Crippen molar-refractivity contribution in [3.05, 3.63) is 64.3 Å². The number of aromatic nitrogens is 5. The summed E-state index contributed by atoms with van der Waals surface area (Å²) in [5.41, 5.74) is 1.91. The molecule has 1 saturated carbocycles. The van der Waals surface area contributed by atoms with E-state index in [9.17, 15) is 4.39 Å². The molecule has 1 unspecified atom stereocenters. The van der Waals surface area contributed by atoms with Gasteiger partial charge in [0.2, 0.25) is 0 Å². The lowest BCUT2D eigenvalue weighted by Crippen LogP contribution is -2.43. The fourth-order valence-corrected chi connectivity index (χ4v) is 6.65. The molecule has 2 bridgehead atoms. The molecular weight excluding hydrogens is 451 g/mol. The molecule has 34 heavy (non-hydrogen) atoms. The molecule has 1 aromatic carbocycles. The third kappa shape index (κ3) is 4.19. The summed E-state index contributed by atoms with van der Waals surface area (Å²) in [6, 6.07) is 6.94. The molecule has 2 aromatic heterocycles. The molecule has 4 heterocycles. The Bertz CT molecular complexity index is 1160. The van der Waals surface area contributed by atoms with Crippen molar-refractivity contribution in [1.82, 2.24) is 24.7 Å². The lowest BCUT2D eigenvalue weighted by Gasteiger charge is -2.38. The number of anilines is 1. The van der Waals surface area contributed by atoms with Crippen LogP contribution in [-0.4, -0.2) is 37.8 Å². The van der Waals surface area contributed by atoms with Gasteiger partial charge in [-0.3, -0.25) is 0 Å². The Kier molecular flexibility index (Phi) is 5.76. The first kappa shape index (κ1) is 22.0. The average Bonchev–Trinajstić information content (AvgIpc) is 3.20. The minimum atomic E-state index is -0.291. The summed E-state index contributed by atoms with van der Waals surface area (Å²) in [6.45, 7) is 4.97. The highest BCUT2D eigenvalue weighted by molar-refractivity contribution is 6.30. The summed E-state index contributed by atoms with van der Waals surface area (Å²) < 4.78 is 16.2. The molecule has 3 aromatic rings. The summed E-state index contributed by atoms with van der Waals surface area (Å²) in [7, 11) is 0. The molecule has 3 aliphatic rings. The fourth-order valence-electron chi connectivity index (χ4n) is 6.42. The van der Waals surface area contributed by atoms with Gasteiger partial charge in [-0.15, -0.1) is 0 Å². The smallest absolute Gasteiger partial charge is 0.151 e.